The minimum atomic E-state index is -0.0142. The molecule has 104 valence electrons. The zero-order valence-corrected chi connectivity index (χ0v) is 12.4. The van der Waals surface area contributed by atoms with Crippen molar-refractivity contribution in [3.8, 4) is 0 Å². The van der Waals surface area contributed by atoms with Crippen molar-refractivity contribution in [1.82, 2.24) is 5.32 Å². The number of hydrogen-bond donors (Lipinski definition) is 1. The maximum absolute atomic E-state index is 11.9. The minimum absolute atomic E-state index is 0.0142. The van der Waals surface area contributed by atoms with Crippen LogP contribution in [0.15, 0.2) is 0 Å². The number of thioether (sulfide) groups is 1. The van der Waals surface area contributed by atoms with Crippen LogP contribution in [0.4, 0.5) is 0 Å². The van der Waals surface area contributed by atoms with Crippen LogP contribution >= 0.6 is 11.8 Å². The highest BCUT2D eigenvalue weighted by Gasteiger charge is 2.29. The van der Waals surface area contributed by atoms with E-state index >= 15 is 0 Å². The summed E-state index contributed by atoms with van der Waals surface area (Å²) < 4.78 is 5.60. The summed E-state index contributed by atoms with van der Waals surface area (Å²) in [5.74, 6) is 2.18. The molecule has 1 saturated heterocycles. The van der Waals surface area contributed by atoms with Gasteiger partial charge in [-0.2, -0.15) is 11.8 Å². The molecule has 0 aromatic carbocycles. The fourth-order valence-electron chi connectivity index (χ4n) is 2.68. The van der Waals surface area contributed by atoms with Gasteiger partial charge in [0.1, 0.15) is 6.10 Å². The van der Waals surface area contributed by atoms with Gasteiger partial charge in [0.15, 0.2) is 0 Å². The number of carbonyl (C=O) groups is 1. The molecule has 0 aromatic rings. The lowest BCUT2D eigenvalue weighted by Crippen LogP contribution is -2.40. The molecule has 1 N–H and O–H groups in total. The number of esters is 1. The van der Waals surface area contributed by atoms with Crippen LogP contribution in [0.25, 0.3) is 0 Å². The first-order valence-electron chi connectivity index (χ1n) is 7.06. The van der Waals surface area contributed by atoms with E-state index in [0.29, 0.717) is 17.9 Å². The van der Waals surface area contributed by atoms with Crippen LogP contribution in [0.5, 0.6) is 0 Å². The highest BCUT2D eigenvalue weighted by atomic mass is 32.2. The molecular formula is C14H25NO2S. The molecule has 1 saturated carbocycles. The topological polar surface area (TPSA) is 38.3 Å². The normalized spacial score (nSPS) is 28.9. The maximum Gasteiger partial charge on any atom is 0.307 e. The van der Waals surface area contributed by atoms with Crippen molar-refractivity contribution in [1.29, 1.82) is 0 Å². The largest absolute Gasteiger partial charge is 0.462 e. The van der Waals surface area contributed by atoms with Crippen LogP contribution in [-0.2, 0) is 9.53 Å². The minimum Gasteiger partial charge on any atom is -0.462 e. The van der Waals surface area contributed by atoms with Crippen molar-refractivity contribution < 1.29 is 9.53 Å². The Labute approximate surface area is 114 Å². The second-order valence-electron chi connectivity index (χ2n) is 6.28. The zero-order valence-electron chi connectivity index (χ0n) is 11.5. The van der Waals surface area contributed by atoms with Gasteiger partial charge in [0, 0.05) is 24.1 Å². The average Bonchev–Trinajstić information content (AvgIpc) is 2.33. The Kier molecular flexibility index (Phi) is 4.96. The fraction of sp³-hybridized carbons (Fsp3) is 0.929. The summed E-state index contributed by atoms with van der Waals surface area (Å²) in [6, 6.07) is 0.316. The Morgan fingerprint density at radius 1 is 1.39 bits per heavy atom. The van der Waals surface area contributed by atoms with Gasteiger partial charge < -0.3 is 10.1 Å². The smallest absolute Gasteiger partial charge is 0.307 e. The summed E-state index contributed by atoms with van der Waals surface area (Å²) in [6.45, 7) is 5.61. The standard InChI is InChI=1S/C14H25NO2S/c1-14(2)5-3-12(4-6-14)17-13(16)9-11-10-18-8-7-15-11/h11-12,15H,3-10H2,1-2H3. The molecule has 0 bridgehead atoms. The van der Waals surface area contributed by atoms with Crippen molar-refractivity contribution in [2.24, 2.45) is 5.41 Å². The third-order valence-corrected chi connectivity index (χ3v) is 5.13. The van der Waals surface area contributed by atoms with E-state index in [1.54, 1.807) is 0 Å². The van der Waals surface area contributed by atoms with Crippen LogP contribution in [0.3, 0.4) is 0 Å². The molecule has 0 aromatic heterocycles. The zero-order chi connectivity index (χ0) is 13.0. The molecule has 4 heteroatoms. The van der Waals surface area contributed by atoms with E-state index in [9.17, 15) is 4.79 Å². The molecule has 1 heterocycles. The number of nitrogens with one attached hydrogen (secondary N) is 1. The fourth-order valence-corrected chi connectivity index (χ4v) is 3.63. The van der Waals surface area contributed by atoms with E-state index in [1.165, 1.54) is 12.8 Å². The lowest BCUT2D eigenvalue weighted by atomic mass is 9.76. The monoisotopic (exact) mass is 271 g/mol. The van der Waals surface area contributed by atoms with E-state index in [-0.39, 0.29) is 12.1 Å². The Balaban J connectivity index is 1.68. The summed E-state index contributed by atoms with van der Waals surface area (Å²) in [6.07, 6.45) is 5.11. The Hall–Kier alpha value is -0.220. The summed E-state index contributed by atoms with van der Waals surface area (Å²) >= 11 is 1.92. The summed E-state index contributed by atoms with van der Waals surface area (Å²) in [4.78, 5) is 11.9. The van der Waals surface area contributed by atoms with Gasteiger partial charge in [0.2, 0.25) is 0 Å². The molecule has 1 aliphatic heterocycles. The molecule has 1 atom stereocenters. The van der Waals surface area contributed by atoms with Gasteiger partial charge in [-0.15, -0.1) is 0 Å². The third kappa shape index (κ3) is 4.47. The van der Waals surface area contributed by atoms with E-state index in [4.69, 9.17) is 4.74 Å². The predicted molar refractivity (Wildman–Crippen MR) is 75.9 cm³/mol. The highest BCUT2D eigenvalue weighted by Crippen LogP contribution is 2.36. The van der Waals surface area contributed by atoms with Gasteiger partial charge in [0.05, 0.1) is 6.42 Å². The second-order valence-corrected chi connectivity index (χ2v) is 7.43. The van der Waals surface area contributed by atoms with Crippen LogP contribution in [0.2, 0.25) is 0 Å². The number of carbonyl (C=O) groups excluding carboxylic acids is 1. The predicted octanol–water partition coefficient (Wildman–Crippen LogP) is 2.59. The molecular weight excluding hydrogens is 246 g/mol. The molecule has 0 radical (unpaired) electrons. The van der Waals surface area contributed by atoms with Crippen LogP contribution in [0.1, 0.15) is 46.0 Å². The number of ether oxygens (including phenoxy) is 1. The maximum atomic E-state index is 11.9. The van der Waals surface area contributed by atoms with Gasteiger partial charge >= 0.3 is 5.97 Å². The lowest BCUT2D eigenvalue weighted by Gasteiger charge is -2.34. The SMILES string of the molecule is CC1(C)CCC(OC(=O)CC2CSCCN2)CC1. The summed E-state index contributed by atoms with van der Waals surface area (Å²) in [5.41, 5.74) is 0.435. The van der Waals surface area contributed by atoms with Gasteiger partial charge in [-0.25, -0.2) is 0 Å². The van der Waals surface area contributed by atoms with Crippen LogP contribution in [-0.4, -0.2) is 36.2 Å². The van der Waals surface area contributed by atoms with E-state index in [1.807, 2.05) is 11.8 Å². The molecule has 1 unspecified atom stereocenters. The number of hydrogen-bond acceptors (Lipinski definition) is 4. The quantitative estimate of drug-likeness (QED) is 0.801. The summed E-state index contributed by atoms with van der Waals surface area (Å²) in [5, 5.41) is 3.38. The van der Waals surface area contributed by atoms with Crippen LogP contribution < -0.4 is 5.32 Å². The Bertz CT molecular complexity index is 278. The van der Waals surface area contributed by atoms with Crippen molar-refractivity contribution in [3.05, 3.63) is 0 Å². The molecule has 1 aliphatic carbocycles. The van der Waals surface area contributed by atoms with Gasteiger partial charge in [-0.3, -0.25) is 4.79 Å². The highest BCUT2D eigenvalue weighted by molar-refractivity contribution is 7.99. The van der Waals surface area contributed by atoms with E-state index in [2.05, 4.69) is 19.2 Å². The second kappa shape index (κ2) is 6.29. The molecule has 3 nitrogen and oxygen atoms in total. The molecule has 2 aliphatic rings. The molecule has 0 spiro atoms. The number of rotatable bonds is 3. The van der Waals surface area contributed by atoms with E-state index in [0.717, 1.165) is 30.9 Å². The van der Waals surface area contributed by atoms with Crippen molar-refractivity contribution in [2.75, 3.05) is 18.1 Å². The first-order chi connectivity index (χ1) is 8.55. The van der Waals surface area contributed by atoms with Gasteiger partial charge in [-0.1, -0.05) is 13.8 Å². The first-order valence-corrected chi connectivity index (χ1v) is 8.21. The third-order valence-electron chi connectivity index (χ3n) is 4.00. The van der Waals surface area contributed by atoms with Crippen LogP contribution in [0, 0.1) is 5.41 Å². The average molecular weight is 271 g/mol. The molecule has 2 rings (SSSR count). The summed E-state index contributed by atoms with van der Waals surface area (Å²) in [7, 11) is 0. The van der Waals surface area contributed by atoms with E-state index < -0.39 is 0 Å². The van der Waals surface area contributed by atoms with Crippen molar-refractivity contribution in [3.63, 3.8) is 0 Å². The Morgan fingerprint density at radius 3 is 2.72 bits per heavy atom. The van der Waals surface area contributed by atoms with Crippen molar-refractivity contribution >= 4 is 17.7 Å². The molecule has 0 amide bonds. The van der Waals surface area contributed by atoms with Gasteiger partial charge in [0.25, 0.3) is 0 Å². The first kappa shape index (κ1) is 14.2. The lowest BCUT2D eigenvalue weighted by molar-refractivity contribution is -0.152. The molecule has 18 heavy (non-hydrogen) atoms. The van der Waals surface area contributed by atoms with Gasteiger partial charge in [-0.05, 0) is 31.1 Å². The Morgan fingerprint density at radius 2 is 2.11 bits per heavy atom. The van der Waals surface area contributed by atoms with Crippen molar-refractivity contribution in [2.45, 2.75) is 58.1 Å². The molecule has 2 fully saturated rings.